The van der Waals surface area contributed by atoms with Gasteiger partial charge in [0, 0.05) is 6.42 Å². The van der Waals surface area contributed by atoms with Crippen LogP contribution in [0, 0.1) is 0 Å². The summed E-state index contributed by atoms with van der Waals surface area (Å²) in [6.45, 7) is 1.69. The minimum absolute atomic E-state index is 0.128. The Balaban J connectivity index is 2.94. The van der Waals surface area contributed by atoms with Gasteiger partial charge in [-0.25, -0.2) is 5.43 Å². The van der Waals surface area contributed by atoms with Crippen molar-refractivity contribution in [2.75, 3.05) is 0 Å². The number of carbonyl (C=O) groups excluding carboxylic acids is 1. The quantitative estimate of drug-likeness (QED) is 0.778. The molecule has 0 aromatic heterocycles. The van der Waals surface area contributed by atoms with Gasteiger partial charge in [0.2, 0.25) is 5.91 Å². The molecule has 0 aromatic carbocycles. The molecule has 0 atom stereocenters. The zero-order valence-electron chi connectivity index (χ0n) is 7.57. The summed E-state index contributed by atoms with van der Waals surface area (Å²) >= 11 is 23.1. The van der Waals surface area contributed by atoms with Crippen LogP contribution in [0.1, 0.15) is 13.3 Å². The number of rotatable bonds is 2. The first-order valence-electron chi connectivity index (χ1n) is 3.97. The van der Waals surface area contributed by atoms with Gasteiger partial charge in [0.15, 0.2) is 0 Å². The number of halogens is 4. The smallest absolute Gasteiger partial charge is 0.239 e. The van der Waals surface area contributed by atoms with Crippen LogP contribution in [-0.4, -0.2) is 11.6 Å². The Bertz CT molecular complexity index is 371. The fourth-order valence-corrected chi connectivity index (χ4v) is 1.77. The Labute approximate surface area is 107 Å². The first kappa shape index (κ1) is 12.8. The van der Waals surface area contributed by atoms with Crippen LogP contribution < -0.4 is 5.43 Å². The van der Waals surface area contributed by atoms with Crippen molar-refractivity contribution < 1.29 is 4.79 Å². The molecular weight excluding hydrogens is 282 g/mol. The highest BCUT2D eigenvalue weighted by Gasteiger charge is 2.26. The molecule has 82 valence electrons. The lowest BCUT2D eigenvalue weighted by atomic mass is 10.4. The van der Waals surface area contributed by atoms with E-state index in [0.717, 1.165) is 0 Å². The Kier molecular flexibility index (Phi) is 4.46. The van der Waals surface area contributed by atoms with E-state index in [0.29, 0.717) is 6.42 Å². The molecule has 0 aromatic rings. The molecule has 0 saturated heterocycles. The van der Waals surface area contributed by atoms with Crippen LogP contribution in [0.4, 0.5) is 0 Å². The van der Waals surface area contributed by atoms with Crippen LogP contribution in [0.3, 0.4) is 0 Å². The summed E-state index contributed by atoms with van der Waals surface area (Å²) in [5, 5.41) is 4.25. The molecule has 1 N–H and O–H groups in total. The van der Waals surface area contributed by atoms with E-state index in [1.54, 1.807) is 6.92 Å². The third-order valence-corrected chi connectivity index (χ3v) is 3.39. The van der Waals surface area contributed by atoms with E-state index in [1.165, 1.54) is 0 Å². The van der Waals surface area contributed by atoms with E-state index < -0.39 is 0 Å². The topological polar surface area (TPSA) is 41.5 Å². The van der Waals surface area contributed by atoms with Crippen molar-refractivity contribution in [1.29, 1.82) is 0 Å². The number of nitrogens with zero attached hydrogens (tertiary/aromatic N) is 1. The predicted octanol–water partition coefficient (Wildman–Crippen LogP) is 3.26. The Morgan fingerprint density at radius 1 is 1.13 bits per heavy atom. The summed E-state index contributed by atoms with van der Waals surface area (Å²) < 4.78 is 0. The molecule has 15 heavy (non-hydrogen) atoms. The number of hydrogen-bond donors (Lipinski definition) is 1. The number of carbonyl (C=O) groups is 1. The fraction of sp³-hybridized carbons (Fsp3) is 0.250. The summed E-state index contributed by atoms with van der Waals surface area (Å²) in [6, 6.07) is 0. The van der Waals surface area contributed by atoms with Crippen LogP contribution in [-0.2, 0) is 4.79 Å². The standard InChI is InChI=1S/C8H6Cl4N2O/c1-2-3(15)13-14-8-6(11)4(9)5(10)7(8)12/h2H2,1H3,(H,13,15). The SMILES string of the molecule is CCC(=O)NN=C1C(Cl)=C(Cl)C(Cl)=C1Cl. The molecule has 1 rings (SSSR count). The van der Waals surface area contributed by atoms with Gasteiger partial charge in [-0.05, 0) is 0 Å². The molecule has 1 amide bonds. The Hall–Kier alpha value is -0.220. The normalized spacial score (nSPS) is 16.2. The molecule has 3 nitrogen and oxygen atoms in total. The molecular formula is C8H6Cl4N2O. The van der Waals surface area contributed by atoms with Gasteiger partial charge in [0.05, 0.1) is 20.1 Å². The summed E-state index contributed by atoms with van der Waals surface area (Å²) in [7, 11) is 0. The van der Waals surface area contributed by atoms with E-state index in [2.05, 4.69) is 10.5 Å². The van der Waals surface area contributed by atoms with Crippen LogP contribution in [0.5, 0.6) is 0 Å². The first-order valence-corrected chi connectivity index (χ1v) is 5.48. The van der Waals surface area contributed by atoms with Crippen LogP contribution >= 0.6 is 46.4 Å². The van der Waals surface area contributed by atoms with Crippen molar-refractivity contribution in [2.45, 2.75) is 13.3 Å². The van der Waals surface area contributed by atoms with Crippen molar-refractivity contribution in [2.24, 2.45) is 5.10 Å². The largest absolute Gasteiger partial charge is 0.273 e. The van der Waals surface area contributed by atoms with Crippen molar-refractivity contribution in [3.63, 3.8) is 0 Å². The number of allylic oxidation sites excluding steroid dienone is 4. The number of hydrogen-bond acceptors (Lipinski definition) is 2. The lowest BCUT2D eigenvalue weighted by Crippen LogP contribution is -2.18. The zero-order chi connectivity index (χ0) is 11.6. The van der Waals surface area contributed by atoms with Crippen LogP contribution in [0.25, 0.3) is 0 Å². The maximum absolute atomic E-state index is 10.9. The highest BCUT2D eigenvalue weighted by atomic mass is 35.5. The second-order valence-electron chi connectivity index (χ2n) is 2.60. The van der Waals surface area contributed by atoms with Crippen LogP contribution in [0.2, 0.25) is 0 Å². The van der Waals surface area contributed by atoms with E-state index in [9.17, 15) is 4.79 Å². The van der Waals surface area contributed by atoms with E-state index in [-0.39, 0.29) is 31.7 Å². The van der Waals surface area contributed by atoms with Gasteiger partial charge in [-0.15, -0.1) is 0 Å². The minimum Gasteiger partial charge on any atom is -0.273 e. The average Bonchev–Trinajstić information content (AvgIpc) is 2.41. The van der Waals surface area contributed by atoms with Crippen molar-refractivity contribution in [3.05, 3.63) is 20.1 Å². The van der Waals surface area contributed by atoms with Gasteiger partial charge < -0.3 is 0 Å². The lowest BCUT2D eigenvalue weighted by molar-refractivity contribution is -0.120. The predicted molar refractivity (Wildman–Crippen MR) is 63.3 cm³/mol. The second kappa shape index (κ2) is 5.21. The van der Waals surface area contributed by atoms with E-state index in [1.807, 2.05) is 0 Å². The molecule has 0 spiro atoms. The molecule has 7 heteroatoms. The van der Waals surface area contributed by atoms with Gasteiger partial charge >= 0.3 is 0 Å². The highest BCUT2D eigenvalue weighted by molar-refractivity contribution is 6.66. The van der Waals surface area contributed by atoms with Crippen molar-refractivity contribution in [3.8, 4) is 0 Å². The molecule has 1 aliphatic carbocycles. The summed E-state index contributed by atoms with van der Waals surface area (Å²) in [5.41, 5.74) is 2.45. The zero-order valence-corrected chi connectivity index (χ0v) is 10.6. The molecule has 0 fully saturated rings. The molecule has 0 heterocycles. The van der Waals surface area contributed by atoms with Crippen molar-refractivity contribution >= 4 is 58.0 Å². The van der Waals surface area contributed by atoms with Crippen LogP contribution in [0.15, 0.2) is 25.2 Å². The number of hydrazone groups is 1. The monoisotopic (exact) mass is 286 g/mol. The first-order chi connectivity index (χ1) is 6.99. The molecule has 0 bridgehead atoms. The summed E-state index contributed by atoms with van der Waals surface area (Å²) in [5.74, 6) is -0.254. The third-order valence-electron chi connectivity index (χ3n) is 1.61. The second-order valence-corrected chi connectivity index (χ2v) is 4.12. The van der Waals surface area contributed by atoms with Gasteiger partial charge in [0.25, 0.3) is 0 Å². The Morgan fingerprint density at radius 2 is 1.60 bits per heavy atom. The van der Waals surface area contributed by atoms with E-state index in [4.69, 9.17) is 46.4 Å². The van der Waals surface area contributed by atoms with Crippen molar-refractivity contribution in [1.82, 2.24) is 5.43 Å². The third kappa shape index (κ3) is 2.67. The van der Waals surface area contributed by atoms with Gasteiger partial charge in [-0.2, -0.15) is 5.10 Å². The molecule has 0 radical (unpaired) electrons. The molecule has 0 aliphatic heterocycles. The van der Waals surface area contributed by atoms with Gasteiger partial charge in [-0.1, -0.05) is 53.3 Å². The van der Waals surface area contributed by atoms with E-state index >= 15 is 0 Å². The lowest BCUT2D eigenvalue weighted by Gasteiger charge is -1.99. The average molecular weight is 288 g/mol. The summed E-state index contributed by atoms with van der Waals surface area (Å²) in [6.07, 6.45) is 0.306. The Morgan fingerprint density at radius 3 is 2.00 bits per heavy atom. The highest BCUT2D eigenvalue weighted by Crippen LogP contribution is 2.39. The fourth-order valence-electron chi connectivity index (χ4n) is 0.792. The molecule has 1 aliphatic rings. The minimum atomic E-state index is -0.254. The summed E-state index contributed by atoms with van der Waals surface area (Å²) in [4.78, 5) is 10.9. The maximum Gasteiger partial charge on any atom is 0.239 e. The van der Waals surface area contributed by atoms with Gasteiger partial charge in [0.1, 0.15) is 5.71 Å². The number of nitrogens with one attached hydrogen (secondary N) is 1. The molecule has 0 unspecified atom stereocenters. The molecule has 0 saturated carbocycles. The number of amides is 1. The van der Waals surface area contributed by atoms with Gasteiger partial charge in [-0.3, -0.25) is 4.79 Å². The maximum atomic E-state index is 10.9.